The number of aliphatic imine (C=N–C) groups is 1. The Balaban J connectivity index is 2.20. The molecule has 0 unspecified atom stereocenters. The maximum Gasteiger partial charge on any atom is 0.141 e. The summed E-state index contributed by atoms with van der Waals surface area (Å²) in [6, 6.07) is 9.44. The van der Waals surface area contributed by atoms with Gasteiger partial charge in [0.2, 0.25) is 0 Å². The molecule has 4 nitrogen and oxygen atoms in total. The van der Waals surface area contributed by atoms with Crippen LogP contribution in [0, 0.1) is 0 Å². The van der Waals surface area contributed by atoms with Gasteiger partial charge in [-0.25, -0.2) is 9.38 Å². The molecule has 1 heterocycles. The number of rotatable bonds is 7. The molecule has 6 heteroatoms. The van der Waals surface area contributed by atoms with Gasteiger partial charge in [0.1, 0.15) is 18.3 Å². The van der Waals surface area contributed by atoms with Crippen LogP contribution in [0.4, 0.5) is 10.1 Å². The average Bonchev–Trinajstić information content (AvgIpc) is 3.02. The van der Waals surface area contributed by atoms with E-state index < -0.39 is 6.67 Å². The second kappa shape index (κ2) is 7.75. The molecule has 0 aliphatic rings. The van der Waals surface area contributed by atoms with Crippen LogP contribution in [0.2, 0.25) is 0 Å². The lowest BCUT2D eigenvalue weighted by Crippen LogP contribution is -2.16. The Morgan fingerprint density at radius 1 is 1.43 bits per heavy atom. The van der Waals surface area contributed by atoms with E-state index in [0.29, 0.717) is 18.9 Å². The molecule has 0 aliphatic heterocycles. The van der Waals surface area contributed by atoms with Crippen molar-refractivity contribution in [3.05, 3.63) is 46.2 Å². The highest BCUT2D eigenvalue weighted by Gasteiger charge is 2.05. The number of thiophene rings is 1. The highest BCUT2D eigenvalue weighted by Crippen LogP contribution is 2.25. The number of methoxy groups -OCH3 is 1. The SMILES string of the molecule is COc1ccc(N=C(N)c2cccs2)cc1CNCCF. The van der Waals surface area contributed by atoms with Gasteiger partial charge in [0.05, 0.1) is 17.7 Å². The Kier molecular flexibility index (Phi) is 5.71. The van der Waals surface area contributed by atoms with Crippen LogP contribution < -0.4 is 15.8 Å². The van der Waals surface area contributed by atoms with E-state index in [9.17, 15) is 4.39 Å². The zero-order valence-corrected chi connectivity index (χ0v) is 12.6. The third-order valence-electron chi connectivity index (χ3n) is 2.87. The minimum Gasteiger partial charge on any atom is -0.496 e. The van der Waals surface area contributed by atoms with Crippen LogP contribution in [0.3, 0.4) is 0 Å². The quantitative estimate of drug-likeness (QED) is 0.470. The van der Waals surface area contributed by atoms with Crippen LogP contribution in [-0.2, 0) is 6.54 Å². The molecule has 1 aromatic heterocycles. The van der Waals surface area contributed by atoms with Gasteiger partial charge in [0.15, 0.2) is 0 Å². The number of hydrogen-bond donors (Lipinski definition) is 2. The number of ether oxygens (including phenoxy) is 1. The number of nitrogens with one attached hydrogen (secondary N) is 1. The summed E-state index contributed by atoms with van der Waals surface area (Å²) in [6.45, 7) is 0.439. The highest BCUT2D eigenvalue weighted by molar-refractivity contribution is 7.12. The second-order valence-corrected chi connectivity index (χ2v) is 5.28. The smallest absolute Gasteiger partial charge is 0.141 e. The predicted octanol–water partition coefficient (Wildman–Crippen LogP) is 2.85. The first kappa shape index (κ1) is 15.5. The zero-order chi connectivity index (χ0) is 15.1. The van der Waals surface area contributed by atoms with Gasteiger partial charge in [-0.15, -0.1) is 11.3 Å². The summed E-state index contributed by atoms with van der Waals surface area (Å²) in [5.41, 5.74) is 7.65. The standard InChI is InChI=1S/C15H18FN3OS/c1-20-13-5-4-12(9-11(13)10-18-7-6-16)19-15(17)14-3-2-8-21-14/h2-5,8-9,18H,6-7,10H2,1H3,(H2,17,19). The van der Waals surface area contributed by atoms with Crippen molar-refractivity contribution in [2.24, 2.45) is 10.7 Å². The van der Waals surface area contributed by atoms with E-state index in [1.165, 1.54) is 0 Å². The number of nitrogens with zero attached hydrogens (tertiary/aromatic N) is 1. The molecule has 0 atom stereocenters. The van der Waals surface area contributed by atoms with E-state index in [1.807, 2.05) is 35.7 Å². The molecule has 0 fully saturated rings. The van der Waals surface area contributed by atoms with Crippen molar-refractivity contribution >= 4 is 22.9 Å². The number of nitrogens with two attached hydrogens (primary N) is 1. The minimum atomic E-state index is -0.397. The Labute approximate surface area is 127 Å². The van der Waals surface area contributed by atoms with Crippen LogP contribution in [0.5, 0.6) is 5.75 Å². The molecule has 2 rings (SSSR count). The Morgan fingerprint density at radius 2 is 2.29 bits per heavy atom. The molecule has 0 saturated heterocycles. The molecule has 0 amide bonds. The first-order valence-electron chi connectivity index (χ1n) is 6.56. The lowest BCUT2D eigenvalue weighted by Gasteiger charge is -2.10. The van der Waals surface area contributed by atoms with E-state index in [2.05, 4.69) is 10.3 Å². The molecule has 0 spiro atoms. The molecule has 2 aromatic rings. The van der Waals surface area contributed by atoms with Crippen LogP contribution >= 0.6 is 11.3 Å². The van der Waals surface area contributed by atoms with Crippen molar-refractivity contribution in [3.8, 4) is 5.75 Å². The molecule has 1 aromatic carbocycles. The average molecular weight is 307 g/mol. The molecule has 3 N–H and O–H groups in total. The Bertz CT molecular complexity index is 599. The number of amidine groups is 1. The fourth-order valence-corrected chi connectivity index (χ4v) is 2.51. The van der Waals surface area contributed by atoms with Gasteiger partial charge in [-0.3, -0.25) is 0 Å². The van der Waals surface area contributed by atoms with Crippen molar-refractivity contribution in [1.29, 1.82) is 0 Å². The van der Waals surface area contributed by atoms with Gasteiger partial charge >= 0.3 is 0 Å². The maximum atomic E-state index is 12.2. The van der Waals surface area contributed by atoms with Crippen molar-refractivity contribution < 1.29 is 9.13 Å². The predicted molar refractivity (Wildman–Crippen MR) is 85.4 cm³/mol. The normalized spacial score (nSPS) is 11.6. The van der Waals surface area contributed by atoms with Crippen molar-refractivity contribution in [3.63, 3.8) is 0 Å². The van der Waals surface area contributed by atoms with Gasteiger partial charge < -0.3 is 15.8 Å². The monoisotopic (exact) mass is 307 g/mol. The zero-order valence-electron chi connectivity index (χ0n) is 11.8. The third kappa shape index (κ3) is 4.27. The fourth-order valence-electron chi connectivity index (χ4n) is 1.88. The lowest BCUT2D eigenvalue weighted by atomic mass is 10.1. The Morgan fingerprint density at radius 3 is 2.95 bits per heavy atom. The van der Waals surface area contributed by atoms with Crippen LogP contribution in [0.25, 0.3) is 0 Å². The van der Waals surface area contributed by atoms with E-state index in [0.717, 1.165) is 21.9 Å². The van der Waals surface area contributed by atoms with Crippen molar-refractivity contribution in [2.45, 2.75) is 6.54 Å². The summed E-state index contributed by atoms with van der Waals surface area (Å²) in [4.78, 5) is 5.35. The van der Waals surface area contributed by atoms with Crippen LogP contribution in [0.1, 0.15) is 10.4 Å². The third-order valence-corrected chi connectivity index (χ3v) is 3.77. The number of benzene rings is 1. The number of alkyl halides is 1. The number of halogens is 1. The first-order chi connectivity index (χ1) is 10.2. The Hall–Kier alpha value is -1.92. The molecule has 0 aliphatic carbocycles. The fraction of sp³-hybridized carbons (Fsp3) is 0.267. The summed E-state index contributed by atoms with van der Waals surface area (Å²) in [5.74, 6) is 1.23. The van der Waals surface area contributed by atoms with E-state index in [4.69, 9.17) is 10.5 Å². The van der Waals surface area contributed by atoms with E-state index >= 15 is 0 Å². The maximum absolute atomic E-state index is 12.2. The van der Waals surface area contributed by atoms with Gasteiger partial charge in [-0.2, -0.15) is 0 Å². The molecule has 21 heavy (non-hydrogen) atoms. The molecule has 112 valence electrons. The topological polar surface area (TPSA) is 59.6 Å². The van der Waals surface area contributed by atoms with Gasteiger partial charge in [-0.05, 0) is 29.6 Å². The molecule has 0 saturated carbocycles. The molecule has 0 bridgehead atoms. The summed E-state index contributed by atoms with van der Waals surface area (Å²) < 4.78 is 17.5. The van der Waals surface area contributed by atoms with Gasteiger partial charge in [0, 0.05) is 18.7 Å². The largest absolute Gasteiger partial charge is 0.496 e. The summed E-state index contributed by atoms with van der Waals surface area (Å²) in [6.07, 6.45) is 0. The van der Waals surface area contributed by atoms with Gasteiger partial charge in [0.25, 0.3) is 0 Å². The summed E-state index contributed by atoms with van der Waals surface area (Å²) in [7, 11) is 1.61. The van der Waals surface area contributed by atoms with E-state index in [1.54, 1.807) is 18.4 Å². The minimum absolute atomic E-state index is 0.313. The second-order valence-electron chi connectivity index (χ2n) is 4.34. The van der Waals surface area contributed by atoms with E-state index in [-0.39, 0.29) is 0 Å². The van der Waals surface area contributed by atoms with Crippen LogP contribution in [0.15, 0.2) is 40.7 Å². The molecular weight excluding hydrogens is 289 g/mol. The van der Waals surface area contributed by atoms with Crippen molar-refractivity contribution in [2.75, 3.05) is 20.3 Å². The molecular formula is C15H18FN3OS. The van der Waals surface area contributed by atoms with Gasteiger partial charge in [-0.1, -0.05) is 6.07 Å². The first-order valence-corrected chi connectivity index (χ1v) is 7.44. The molecule has 0 radical (unpaired) electrons. The summed E-state index contributed by atoms with van der Waals surface area (Å²) in [5, 5.41) is 4.96. The lowest BCUT2D eigenvalue weighted by molar-refractivity contribution is 0.405. The van der Waals surface area contributed by atoms with Crippen LogP contribution in [-0.4, -0.2) is 26.2 Å². The van der Waals surface area contributed by atoms with Crippen molar-refractivity contribution in [1.82, 2.24) is 5.32 Å². The summed E-state index contributed by atoms with van der Waals surface area (Å²) >= 11 is 1.54. The number of hydrogen-bond acceptors (Lipinski definition) is 4. The highest BCUT2D eigenvalue weighted by atomic mass is 32.1.